The van der Waals surface area contributed by atoms with Crippen LogP contribution in [0.15, 0.2) is 11.2 Å². The van der Waals surface area contributed by atoms with Crippen LogP contribution in [-0.2, 0) is 9.59 Å². The summed E-state index contributed by atoms with van der Waals surface area (Å²) in [6.07, 6.45) is 9.58. The summed E-state index contributed by atoms with van der Waals surface area (Å²) in [4.78, 5) is 23.8. The van der Waals surface area contributed by atoms with Crippen LogP contribution in [0.2, 0.25) is 0 Å². The molecule has 1 aliphatic heterocycles. The fourth-order valence-corrected chi connectivity index (χ4v) is 3.89. The first-order chi connectivity index (χ1) is 12.6. The lowest BCUT2D eigenvalue weighted by Crippen LogP contribution is -2.34. The zero-order chi connectivity index (χ0) is 18.5. The molecule has 1 aromatic rings. The summed E-state index contributed by atoms with van der Waals surface area (Å²) in [7, 11) is 1.57. The topological polar surface area (TPSA) is 90.4 Å². The van der Waals surface area contributed by atoms with Crippen LogP contribution >= 0.6 is 0 Å². The third kappa shape index (κ3) is 4.51. The summed E-state index contributed by atoms with van der Waals surface area (Å²) < 4.78 is 0. The van der Waals surface area contributed by atoms with E-state index in [1.165, 1.54) is 50.0 Å². The summed E-state index contributed by atoms with van der Waals surface area (Å²) in [5.74, 6) is 1.54. The van der Waals surface area contributed by atoms with Gasteiger partial charge in [0.1, 0.15) is 5.71 Å². The number of hydrogen-bond donors (Lipinski definition) is 2. The molecule has 2 aliphatic rings. The summed E-state index contributed by atoms with van der Waals surface area (Å²) >= 11 is 0. The van der Waals surface area contributed by atoms with E-state index in [0.29, 0.717) is 30.3 Å². The van der Waals surface area contributed by atoms with Crippen LogP contribution in [0.25, 0.3) is 0 Å². The molecule has 1 aliphatic carbocycles. The minimum Gasteiger partial charge on any atom is -0.304 e. The number of nitrogens with zero attached hydrogens (tertiary/aromatic N) is 3. The Kier molecular flexibility index (Phi) is 6.06. The number of carbonyl (C=O) groups excluding carboxylic acids is 2. The van der Waals surface area contributed by atoms with Gasteiger partial charge in [0.2, 0.25) is 5.91 Å². The van der Waals surface area contributed by atoms with Gasteiger partial charge < -0.3 is 5.32 Å². The van der Waals surface area contributed by atoms with Gasteiger partial charge in [-0.1, -0.05) is 26.2 Å². The Hall–Kier alpha value is -2.18. The molecule has 0 atom stereocenters. The van der Waals surface area contributed by atoms with Gasteiger partial charge in [0.25, 0.3) is 5.91 Å². The zero-order valence-electron chi connectivity index (χ0n) is 15.8. The molecule has 7 heteroatoms. The van der Waals surface area contributed by atoms with Crippen molar-refractivity contribution in [1.82, 2.24) is 15.2 Å². The number of unbranched alkanes of at least 4 members (excludes halogenated alkanes) is 1. The molecular formula is C19H29N5O2. The van der Waals surface area contributed by atoms with Gasteiger partial charge in [0.15, 0.2) is 5.82 Å². The van der Waals surface area contributed by atoms with Crippen molar-refractivity contribution >= 4 is 23.3 Å². The maximum Gasteiger partial charge on any atom is 0.273 e. The number of hydrazone groups is 1. The van der Waals surface area contributed by atoms with E-state index in [1.807, 2.05) is 6.07 Å². The van der Waals surface area contributed by atoms with Gasteiger partial charge >= 0.3 is 0 Å². The van der Waals surface area contributed by atoms with Crippen LogP contribution in [0.1, 0.15) is 76.3 Å². The molecule has 26 heavy (non-hydrogen) atoms. The highest BCUT2D eigenvalue weighted by Crippen LogP contribution is 2.37. The highest BCUT2D eigenvalue weighted by atomic mass is 16.2. The van der Waals surface area contributed by atoms with E-state index >= 15 is 0 Å². The van der Waals surface area contributed by atoms with Crippen LogP contribution < -0.4 is 5.32 Å². The molecule has 1 saturated carbocycles. The van der Waals surface area contributed by atoms with Crippen molar-refractivity contribution in [3.05, 3.63) is 11.8 Å². The third-order valence-electron chi connectivity index (χ3n) is 5.56. The Balaban J connectivity index is 1.53. The Morgan fingerprint density at radius 1 is 1.31 bits per heavy atom. The van der Waals surface area contributed by atoms with Gasteiger partial charge in [-0.05, 0) is 31.6 Å². The molecule has 0 unspecified atom stereocenters. The second-order valence-electron chi connectivity index (χ2n) is 7.49. The summed E-state index contributed by atoms with van der Waals surface area (Å²) in [5.41, 5.74) is 1.47. The quantitative estimate of drug-likeness (QED) is 0.815. The van der Waals surface area contributed by atoms with E-state index < -0.39 is 0 Å². The molecule has 2 N–H and O–H groups in total. The van der Waals surface area contributed by atoms with Gasteiger partial charge in [-0.2, -0.15) is 10.2 Å². The maximum atomic E-state index is 12.3. The van der Waals surface area contributed by atoms with Crippen molar-refractivity contribution in [3.63, 3.8) is 0 Å². The summed E-state index contributed by atoms with van der Waals surface area (Å²) in [5, 5.41) is 15.4. The first-order valence-electron chi connectivity index (χ1n) is 9.77. The van der Waals surface area contributed by atoms with Gasteiger partial charge in [0, 0.05) is 37.6 Å². The van der Waals surface area contributed by atoms with Crippen LogP contribution in [0.4, 0.5) is 5.82 Å². The van der Waals surface area contributed by atoms with Crippen molar-refractivity contribution in [2.24, 2.45) is 11.0 Å². The van der Waals surface area contributed by atoms with E-state index in [1.54, 1.807) is 7.05 Å². The number of aromatic amines is 1. The highest BCUT2D eigenvalue weighted by Gasteiger charge is 2.25. The number of rotatable bonds is 6. The number of carbonyl (C=O) groups is 2. The van der Waals surface area contributed by atoms with Crippen LogP contribution in [0.5, 0.6) is 0 Å². The van der Waals surface area contributed by atoms with Gasteiger partial charge in [-0.25, -0.2) is 5.01 Å². The Bertz CT molecular complexity index is 673. The lowest BCUT2D eigenvalue weighted by molar-refractivity contribution is -0.130. The first kappa shape index (κ1) is 18.6. The summed E-state index contributed by atoms with van der Waals surface area (Å²) in [6, 6.07) is 1.94. The van der Waals surface area contributed by atoms with Crippen molar-refractivity contribution in [1.29, 1.82) is 0 Å². The fraction of sp³-hybridized carbons (Fsp3) is 0.684. The number of H-pyrrole nitrogens is 1. The molecule has 1 fully saturated rings. The second kappa shape index (κ2) is 8.47. The van der Waals surface area contributed by atoms with Gasteiger partial charge in [-0.15, -0.1) is 0 Å². The third-order valence-corrected chi connectivity index (χ3v) is 5.56. The lowest BCUT2D eigenvalue weighted by Gasteiger charge is -2.27. The van der Waals surface area contributed by atoms with Gasteiger partial charge in [0.05, 0.1) is 0 Å². The van der Waals surface area contributed by atoms with Crippen molar-refractivity contribution < 1.29 is 9.59 Å². The monoisotopic (exact) mass is 359 g/mol. The Morgan fingerprint density at radius 3 is 2.77 bits per heavy atom. The number of anilines is 1. The normalized spacial score (nSPS) is 23.7. The first-order valence-corrected chi connectivity index (χ1v) is 9.77. The highest BCUT2D eigenvalue weighted by molar-refractivity contribution is 6.43. The van der Waals surface area contributed by atoms with Crippen LogP contribution in [-0.4, -0.2) is 39.8 Å². The molecular weight excluding hydrogens is 330 g/mol. The van der Waals surface area contributed by atoms with E-state index in [0.717, 1.165) is 11.6 Å². The molecule has 0 radical (unpaired) electrons. The van der Waals surface area contributed by atoms with E-state index in [-0.39, 0.29) is 11.8 Å². The average Bonchev–Trinajstić information content (AvgIpc) is 3.11. The molecule has 0 spiro atoms. The molecule has 3 rings (SSSR count). The lowest BCUT2D eigenvalue weighted by atomic mass is 9.78. The van der Waals surface area contributed by atoms with Crippen molar-refractivity contribution in [2.45, 2.75) is 70.6 Å². The summed E-state index contributed by atoms with van der Waals surface area (Å²) in [6.45, 7) is 2.25. The van der Waals surface area contributed by atoms with Crippen LogP contribution in [0, 0.1) is 5.92 Å². The molecule has 2 amide bonds. The number of aromatic nitrogens is 2. The average molecular weight is 359 g/mol. The molecule has 2 heterocycles. The Morgan fingerprint density at radius 2 is 2.08 bits per heavy atom. The standard InChI is InChI=1S/C19H29N5O2/c1-3-4-5-13-6-8-14(9-7-13)16-12-17(22-21-16)20-19(26)15-10-11-18(25)24(2)23-15/h12-14H,3-11H2,1-2H3,(H2,20,21,22,26). The SMILES string of the molecule is CCCCC1CCC(c2cc(NC(=O)C3=NN(C)C(=O)CC3)n[nH]2)CC1. The fourth-order valence-electron chi connectivity index (χ4n) is 3.89. The van der Waals surface area contributed by atoms with E-state index in [9.17, 15) is 9.59 Å². The zero-order valence-corrected chi connectivity index (χ0v) is 15.8. The smallest absolute Gasteiger partial charge is 0.273 e. The molecule has 0 aromatic carbocycles. The van der Waals surface area contributed by atoms with E-state index in [4.69, 9.17) is 0 Å². The second-order valence-corrected chi connectivity index (χ2v) is 7.49. The molecule has 0 saturated heterocycles. The minimum atomic E-state index is -0.286. The number of nitrogens with one attached hydrogen (secondary N) is 2. The predicted octanol–water partition coefficient (Wildman–Crippen LogP) is 3.42. The van der Waals surface area contributed by atoms with Crippen molar-refractivity contribution in [3.8, 4) is 0 Å². The molecule has 142 valence electrons. The molecule has 0 bridgehead atoms. The van der Waals surface area contributed by atoms with E-state index in [2.05, 4.69) is 27.5 Å². The van der Waals surface area contributed by atoms with Gasteiger partial charge in [-0.3, -0.25) is 14.7 Å². The number of hydrogen-bond acceptors (Lipinski definition) is 4. The number of amides is 2. The Labute approximate surface area is 154 Å². The molecule has 7 nitrogen and oxygen atoms in total. The largest absolute Gasteiger partial charge is 0.304 e. The van der Waals surface area contributed by atoms with Crippen LogP contribution in [0.3, 0.4) is 0 Å². The maximum absolute atomic E-state index is 12.3. The minimum absolute atomic E-state index is 0.0712. The predicted molar refractivity (Wildman–Crippen MR) is 101 cm³/mol. The van der Waals surface area contributed by atoms with Crippen molar-refractivity contribution in [2.75, 3.05) is 12.4 Å². The molecule has 1 aromatic heterocycles.